The molecule has 59 heavy (non-hydrogen) atoms. The lowest BCUT2D eigenvalue weighted by atomic mass is 9.82. The third kappa shape index (κ3) is 13.7. The number of nitrogens with two attached hydrogens (primary N) is 1. The maximum atomic E-state index is 14.7. The minimum atomic E-state index is -1.31. The van der Waals surface area contributed by atoms with Crippen LogP contribution >= 0.6 is 94.2 Å². The molecule has 3 N–H and O–H groups in total. The number of ketones is 2. The Balaban J connectivity index is 0.000000336. The Kier molecular flexibility index (Phi) is 20.0. The van der Waals surface area contributed by atoms with E-state index in [1.807, 2.05) is 34.6 Å². The minimum absolute atomic E-state index is 0.141. The van der Waals surface area contributed by atoms with Crippen LogP contribution in [0.25, 0.3) is 0 Å². The lowest BCUT2D eigenvalue weighted by molar-refractivity contribution is -0.191. The van der Waals surface area contributed by atoms with Crippen LogP contribution in [0.3, 0.4) is 0 Å². The zero-order valence-corrected chi connectivity index (χ0v) is 40.2. The van der Waals surface area contributed by atoms with Crippen molar-refractivity contribution < 1.29 is 33.1 Å². The van der Waals surface area contributed by atoms with E-state index in [1.165, 1.54) is 19.1 Å². The SMILES string of the molecule is CC(=O)C(=O)CBr.CC(C)(C(N)=Nc1ccc(Br)cc1F)c1c(Cl)cccc1Cl.CCC1(O)CN(c2ccc(Br)cc2F)C(C(C)(C)c2c(Cl)cccc2Cl)=N1.O=C=O. The van der Waals surface area contributed by atoms with Gasteiger partial charge in [-0.3, -0.25) is 9.59 Å². The molecule has 1 aliphatic heterocycles. The first-order valence-corrected chi connectivity index (χ1v) is 21.5. The van der Waals surface area contributed by atoms with Gasteiger partial charge in [-0.2, -0.15) is 9.59 Å². The van der Waals surface area contributed by atoms with Gasteiger partial charge in [-0.25, -0.2) is 18.8 Å². The number of Topliss-reactive ketones (excluding diaryl/α,β-unsaturated/α-hetero) is 2. The van der Waals surface area contributed by atoms with Gasteiger partial charge < -0.3 is 15.7 Å². The molecule has 1 unspecified atom stereocenters. The summed E-state index contributed by atoms with van der Waals surface area (Å²) >= 11 is 34.7. The molecule has 0 amide bonds. The summed E-state index contributed by atoms with van der Waals surface area (Å²) in [6, 6.07) is 19.9. The highest BCUT2D eigenvalue weighted by atomic mass is 79.9. The normalized spacial score (nSPS) is 15.0. The molecule has 0 aliphatic carbocycles. The minimum Gasteiger partial charge on any atom is -0.386 e. The van der Waals surface area contributed by atoms with Crippen LogP contribution in [0, 0.1) is 11.6 Å². The number of amidine groups is 2. The van der Waals surface area contributed by atoms with Crippen LogP contribution in [-0.2, 0) is 30.0 Å². The number of halogens is 9. The molecule has 18 heteroatoms. The number of carbonyl (C=O) groups is 2. The quantitative estimate of drug-likeness (QED) is 0.0735. The summed E-state index contributed by atoms with van der Waals surface area (Å²) in [6.45, 7) is 10.8. The van der Waals surface area contributed by atoms with E-state index >= 15 is 0 Å². The Morgan fingerprint density at radius 3 is 1.75 bits per heavy atom. The van der Waals surface area contributed by atoms with Gasteiger partial charge in [-0.05, 0) is 94.8 Å². The third-order valence-electron chi connectivity index (χ3n) is 8.79. The van der Waals surface area contributed by atoms with Crippen molar-refractivity contribution in [1.82, 2.24) is 0 Å². The van der Waals surface area contributed by atoms with Crippen molar-refractivity contribution in [2.24, 2.45) is 15.7 Å². The fraction of sp³-hybridized carbons (Fsp3) is 0.293. The highest BCUT2D eigenvalue weighted by molar-refractivity contribution is 9.10. The van der Waals surface area contributed by atoms with Crippen molar-refractivity contribution in [3.63, 3.8) is 0 Å². The molecule has 0 bridgehead atoms. The number of aliphatic imine (C=N–C) groups is 2. The smallest absolute Gasteiger partial charge is 0.373 e. The summed E-state index contributed by atoms with van der Waals surface area (Å²) < 4.78 is 29.9. The molecule has 0 saturated heterocycles. The zero-order valence-electron chi connectivity index (χ0n) is 32.5. The number of alkyl halides is 1. The predicted molar refractivity (Wildman–Crippen MR) is 243 cm³/mol. The first kappa shape index (κ1) is 52.1. The summed E-state index contributed by atoms with van der Waals surface area (Å²) in [5.41, 5.74) is 5.17. The second-order valence-corrected chi connectivity index (χ2v) is 17.7. The fourth-order valence-corrected chi connectivity index (χ4v) is 8.35. The number of hydrogen-bond donors (Lipinski definition) is 2. The van der Waals surface area contributed by atoms with E-state index in [9.17, 15) is 23.5 Å². The molecular weight excluding hydrogens is 1050 g/mol. The van der Waals surface area contributed by atoms with Crippen molar-refractivity contribution in [3.8, 4) is 0 Å². The number of rotatable bonds is 9. The number of β-amino-alcohol motifs (C(OH)–C–C–N with tert-alkyl or cyclic N) is 1. The summed E-state index contributed by atoms with van der Waals surface area (Å²) in [5, 5.41) is 13.0. The first-order chi connectivity index (χ1) is 27.4. The molecule has 0 spiro atoms. The Bertz CT molecular complexity index is 2230. The molecular formula is C41H39Br3Cl4F2N4O5. The summed E-state index contributed by atoms with van der Waals surface area (Å²) in [6.07, 6.45) is 0.650. The van der Waals surface area contributed by atoms with Gasteiger partial charge in [0.15, 0.2) is 11.5 Å². The highest BCUT2D eigenvalue weighted by Gasteiger charge is 2.45. The van der Waals surface area contributed by atoms with Crippen LogP contribution in [0.15, 0.2) is 91.7 Å². The van der Waals surface area contributed by atoms with Gasteiger partial charge >= 0.3 is 6.15 Å². The van der Waals surface area contributed by atoms with Crippen LogP contribution < -0.4 is 10.6 Å². The number of nitrogens with zero attached hydrogens (tertiary/aromatic N) is 3. The standard InChI is InChI=1S/C20H20BrCl2FN2O.C16H14BrCl2FN2.C4H5BrO2.CO2/c1-4-20(27)11-26(16-9-8-12(21)10-15(16)24)18(25-20)19(2,3)17-13(22)6-5-7-14(17)23;1-16(2,14-10(18)4-3-5-11(14)19)15(21)22-13-7-6-9(17)8-12(13)20;1-3(6)4(7)2-5;2-1-3/h5-10,27H,4,11H2,1-3H3;3-8H,1-2H3,(H2,21,22);2H2,1H3;. The molecule has 1 aliphatic rings. The summed E-state index contributed by atoms with van der Waals surface area (Å²) in [7, 11) is 0. The third-order valence-corrected chi connectivity index (χ3v) is 11.5. The van der Waals surface area contributed by atoms with Gasteiger partial charge in [0.1, 0.15) is 29.0 Å². The van der Waals surface area contributed by atoms with E-state index in [0.29, 0.717) is 58.1 Å². The number of aliphatic hydroxyl groups is 1. The second-order valence-electron chi connectivity index (χ2n) is 13.7. The average molecular weight is 1090 g/mol. The summed E-state index contributed by atoms with van der Waals surface area (Å²) in [4.78, 5) is 46.9. The van der Waals surface area contributed by atoms with Gasteiger partial charge in [0.2, 0.25) is 5.78 Å². The molecule has 316 valence electrons. The number of hydrogen-bond acceptors (Lipinski definition) is 8. The maximum absolute atomic E-state index is 14.7. The lowest BCUT2D eigenvalue weighted by Crippen LogP contribution is -2.43. The Morgan fingerprint density at radius 1 is 0.881 bits per heavy atom. The number of anilines is 1. The van der Waals surface area contributed by atoms with Crippen molar-refractivity contribution in [3.05, 3.63) is 125 Å². The molecule has 9 nitrogen and oxygen atoms in total. The maximum Gasteiger partial charge on any atom is 0.373 e. The molecule has 1 atom stereocenters. The predicted octanol–water partition coefficient (Wildman–Crippen LogP) is 12.0. The molecule has 0 fully saturated rings. The van der Waals surface area contributed by atoms with Crippen LogP contribution in [0.4, 0.5) is 20.2 Å². The fourth-order valence-electron chi connectivity index (χ4n) is 5.55. The second kappa shape index (κ2) is 22.7. The van der Waals surface area contributed by atoms with Gasteiger partial charge in [0.05, 0.1) is 28.4 Å². The molecule has 1 heterocycles. The average Bonchev–Trinajstić information content (AvgIpc) is 3.51. The molecule has 0 saturated carbocycles. The van der Waals surface area contributed by atoms with E-state index in [0.717, 1.165) is 0 Å². The van der Waals surface area contributed by atoms with E-state index in [2.05, 4.69) is 57.8 Å². The van der Waals surface area contributed by atoms with Gasteiger partial charge in [-0.15, -0.1) is 0 Å². The molecule has 4 aromatic carbocycles. The van der Waals surface area contributed by atoms with Gasteiger partial charge in [0.25, 0.3) is 0 Å². The van der Waals surface area contributed by atoms with Crippen LogP contribution in [0.2, 0.25) is 20.1 Å². The molecule has 0 radical (unpaired) electrons. The van der Waals surface area contributed by atoms with Crippen molar-refractivity contribution in [2.75, 3.05) is 16.8 Å². The lowest BCUT2D eigenvalue weighted by Gasteiger charge is -2.34. The van der Waals surface area contributed by atoms with Crippen molar-refractivity contribution in [2.45, 2.75) is 64.5 Å². The zero-order chi connectivity index (χ0) is 45.0. The number of benzene rings is 4. The van der Waals surface area contributed by atoms with Crippen molar-refractivity contribution in [1.29, 1.82) is 0 Å². The molecule has 0 aromatic heterocycles. The highest BCUT2D eigenvalue weighted by Crippen LogP contribution is 2.43. The van der Waals surface area contributed by atoms with Crippen molar-refractivity contribution >= 4 is 135 Å². The van der Waals surface area contributed by atoms with Crippen LogP contribution in [0.5, 0.6) is 0 Å². The van der Waals surface area contributed by atoms with E-state index in [4.69, 9.17) is 61.7 Å². The topological polar surface area (TPSA) is 142 Å². The number of carbonyl (C=O) groups excluding carboxylic acids is 4. The van der Waals surface area contributed by atoms with Gasteiger partial charge in [0, 0.05) is 47.1 Å². The molecule has 5 rings (SSSR count). The first-order valence-electron chi connectivity index (χ1n) is 17.2. The van der Waals surface area contributed by atoms with Crippen LogP contribution in [0.1, 0.15) is 59.1 Å². The van der Waals surface area contributed by atoms with Gasteiger partial charge in [-0.1, -0.05) is 113 Å². The van der Waals surface area contributed by atoms with Crippen LogP contribution in [-0.4, -0.2) is 52.1 Å². The monoisotopic (exact) mass is 1080 g/mol. The Hall–Kier alpha value is -3.04. The van der Waals surface area contributed by atoms with E-state index in [-0.39, 0.29) is 35.3 Å². The Labute approximate surface area is 386 Å². The largest absolute Gasteiger partial charge is 0.386 e. The van der Waals surface area contributed by atoms with E-state index < -0.39 is 34.0 Å². The van der Waals surface area contributed by atoms with E-state index in [1.54, 1.807) is 65.6 Å². The Morgan fingerprint density at radius 2 is 1.34 bits per heavy atom. The summed E-state index contributed by atoms with van der Waals surface area (Å²) in [5.74, 6) is -0.888. The molecule has 4 aromatic rings.